The highest BCUT2D eigenvalue weighted by Crippen LogP contribution is 2.13. The Morgan fingerprint density at radius 3 is 2.81 bits per heavy atom. The first-order valence-electron chi connectivity index (χ1n) is 5.88. The third-order valence-electron chi connectivity index (χ3n) is 2.74. The van der Waals surface area contributed by atoms with Crippen LogP contribution in [0.4, 0.5) is 0 Å². The average molecular weight is 229 g/mol. The molecule has 1 heterocycles. The highest BCUT2D eigenvalue weighted by molar-refractivity contribution is 5.79. The van der Waals surface area contributed by atoms with Crippen molar-refractivity contribution < 1.29 is 9.53 Å². The van der Waals surface area contributed by atoms with E-state index in [2.05, 4.69) is 10.6 Å². The van der Waals surface area contributed by atoms with Crippen molar-refractivity contribution in [3.8, 4) is 0 Å². The Hall–Kier alpha value is -0.650. The molecule has 0 spiro atoms. The van der Waals surface area contributed by atoms with E-state index in [1.807, 2.05) is 25.9 Å². The van der Waals surface area contributed by atoms with Gasteiger partial charge in [0.05, 0.1) is 19.1 Å². The fourth-order valence-electron chi connectivity index (χ4n) is 1.81. The standard InChI is InChI=1S/C11H23N3O2/c1-4-12-10-8-16-7-9(10)11(15)13-5-6-14(2)3/h9-10,12H,4-8H2,1-3H3,(H,13,15). The first-order valence-corrected chi connectivity index (χ1v) is 5.88. The number of likely N-dealkylation sites (N-methyl/N-ethyl adjacent to an activating group) is 2. The van der Waals surface area contributed by atoms with Gasteiger partial charge in [-0.1, -0.05) is 6.92 Å². The molecule has 16 heavy (non-hydrogen) atoms. The molecule has 2 unspecified atom stereocenters. The fourth-order valence-corrected chi connectivity index (χ4v) is 1.81. The van der Waals surface area contributed by atoms with Gasteiger partial charge in [-0.15, -0.1) is 0 Å². The Kier molecular flexibility index (Phi) is 5.73. The van der Waals surface area contributed by atoms with E-state index in [1.165, 1.54) is 0 Å². The van der Waals surface area contributed by atoms with Crippen LogP contribution in [0.1, 0.15) is 6.92 Å². The van der Waals surface area contributed by atoms with Crippen LogP contribution in [-0.2, 0) is 9.53 Å². The summed E-state index contributed by atoms with van der Waals surface area (Å²) < 4.78 is 5.34. The Balaban J connectivity index is 2.29. The second kappa shape index (κ2) is 6.83. The molecule has 0 aromatic heterocycles. The zero-order valence-corrected chi connectivity index (χ0v) is 10.5. The number of nitrogens with zero attached hydrogens (tertiary/aromatic N) is 1. The lowest BCUT2D eigenvalue weighted by molar-refractivity contribution is -0.125. The molecule has 0 aromatic carbocycles. The van der Waals surface area contributed by atoms with E-state index in [4.69, 9.17) is 4.74 Å². The first-order chi connectivity index (χ1) is 7.65. The van der Waals surface area contributed by atoms with Gasteiger partial charge in [-0.05, 0) is 20.6 Å². The molecular weight excluding hydrogens is 206 g/mol. The number of rotatable bonds is 6. The molecule has 0 bridgehead atoms. The summed E-state index contributed by atoms with van der Waals surface area (Å²) in [6.07, 6.45) is 0. The number of carbonyl (C=O) groups is 1. The van der Waals surface area contributed by atoms with Gasteiger partial charge in [0.25, 0.3) is 0 Å². The second-order valence-electron chi connectivity index (χ2n) is 4.40. The van der Waals surface area contributed by atoms with Crippen molar-refractivity contribution in [3.05, 3.63) is 0 Å². The summed E-state index contributed by atoms with van der Waals surface area (Å²) in [4.78, 5) is 13.9. The summed E-state index contributed by atoms with van der Waals surface area (Å²) in [6.45, 7) is 5.65. The first kappa shape index (κ1) is 13.4. The van der Waals surface area contributed by atoms with Crippen molar-refractivity contribution in [2.75, 3.05) is 46.9 Å². The fraction of sp³-hybridized carbons (Fsp3) is 0.909. The van der Waals surface area contributed by atoms with E-state index in [-0.39, 0.29) is 17.9 Å². The summed E-state index contributed by atoms with van der Waals surface area (Å²) in [5.41, 5.74) is 0. The van der Waals surface area contributed by atoms with Crippen LogP contribution in [0.2, 0.25) is 0 Å². The predicted octanol–water partition coefficient (Wildman–Crippen LogP) is -0.711. The molecule has 2 N–H and O–H groups in total. The van der Waals surface area contributed by atoms with Gasteiger partial charge in [-0.2, -0.15) is 0 Å². The molecule has 1 aliphatic rings. The highest BCUT2D eigenvalue weighted by atomic mass is 16.5. The molecular formula is C11H23N3O2. The van der Waals surface area contributed by atoms with E-state index in [9.17, 15) is 4.79 Å². The summed E-state index contributed by atoms with van der Waals surface area (Å²) in [7, 11) is 3.98. The minimum atomic E-state index is -0.0397. The Labute approximate surface area is 97.5 Å². The smallest absolute Gasteiger partial charge is 0.227 e. The molecule has 1 aliphatic heterocycles. The van der Waals surface area contributed by atoms with E-state index in [0.717, 1.165) is 13.1 Å². The van der Waals surface area contributed by atoms with Crippen molar-refractivity contribution in [3.63, 3.8) is 0 Å². The van der Waals surface area contributed by atoms with E-state index < -0.39 is 0 Å². The number of ether oxygens (including phenoxy) is 1. The van der Waals surface area contributed by atoms with Crippen LogP contribution >= 0.6 is 0 Å². The molecule has 5 heteroatoms. The van der Waals surface area contributed by atoms with Crippen LogP contribution in [0.25, 0.3) is 0 Å². The third-order valence-corrected chi connectivity index (χ3v) is 2.74. The van der Waals surface area contributed by atoms with Crippen molar-refractivity contribution in [2.45, 2.75) is 13.0 Å². The Morgan fingerprint density at radius 1 is 1.44 bits per heavy atom. The van der Waals surface area contributed by atoms with Gasteiger partial charge in [0.2, 0.25) is 5.91 Å². The lowest BCUT2D eigenvalue weighted by Crippen LogP contribution is -2.45. The average Bonchev–Trinajstić information content (AvgIpc) is 2.66. The zero-order valence-electron chi connectivity index (χ0n) is 10.5. The van der Waals surface area contributed by atoms with Gasteiger partial charge in [0.15, 0.2) is 0 Å². The number of nitrogens with one attached hydrogen (secondary N) is 2. The van der Waals surface area contributed by atoms with Gasteiger partial charge in [-0.3, -0.25) is 4.79 Å². The highest BCUT2D eigenvalue weighted by Gasteiger charge is 2.32. The number of carbonyl (C=O) groups excluding carboxylic acids is 1. The van der Waals surface area contributed by atoms with Crippen LogP contribution in [0.15, 0.2) is 0 Å². The van der Waals surface area contributed by atoms with Crippen molar-refractivity contribution >= 4 is 5.91 Å². The lowest BCUT2D eigenvalue weighted by atomic mass is 10.0. The molecule has 1 fully saturated rings. The summed E-state index contributed by atoms with van der Waals surface area (Å²) >= 11 is 0. The third kappa shape index (κ3) is 4.08. The van der Waals surface area contributed by atoms with Crippen molar-refractivity contribution in [2.24, 2.45) is 5.92 Å². The minimum Gasteiger partial charge on any atom is -0.379 e. The second-order valence-corrected chi connectivity index (χ2v) is 4.40. The summed E-state index contributed by atoms with van der Waals surface area (Å²) in [5, 5.41) is 6.22. The normalized spacial score (nSPS) is 25.0. The summed E-state index contributed by atoms with van der Waals surface area (Å²) in [6, 6.07) is 0.171. The van der Waals surface area contributed by atoms with Gasteiger partial charge < -0.3 is 20.3 Å². The molecule has 0 aliphatic carbocycles. The predicted molar refractivity (Wildman–Crippen MR) is 63.3 cm³/mol. The number of hydrogen-bond donors (Lipinski definition) is 2. The van der Waals surface area contributed by atoms with Crippen molar-refractivity contribution in [1.29, 1.82) is 0 Å². The SMILES string of the molecule is CCNC1COCC1C(=O)NCCN(C)C. The number of hydrogen-bond acceptors (Lipinski definition) is 4. The quantitative estimate of drug-likeness (QED) is 0.632. The lowest BCUT2D eigenvalue weighted by Gasteiger charge is -2.18. The van der Waals surface area contributed by atoms with E-state index in [0.29, 0.717) is 19.8 Å². The molecule has 5 nitrogen and oxygen atoms in total. The van der Waals surface area contributed by atoms with Gasteiger partial charge in [-0.25, -0.2) is 0 Å². The molecule has 0 radical (unpaired) electrons. The van der Waals surface area contributed by atoms with Crippen LogP contribution in [0, 0.1) is 5.92 Å². The summed E-state index contributed by atoms with van der Waals surface area (Å²) in [5.74, 6) is 0.0624. The maximum atomic E-state index is 11.9. The van der Waals surface area contributed by atoms with Crippen LogP contribution in [0.3, 0.4) is 0 Å². The maximum absolute atomic E-state index is 11.9. The van der Waals surface area contributed by atoms with Gasteiger partial charge in [0, 0.05) is 19.1 Å². The zero-order chi connectivity index (χ0) is 12.0. The molecule has 94 valence electrons. The van der Waals surface area contributed by atoms with Gasteiger partial charge in [0.1, 0.15) is 0 Å². The Morgan fingerprint density at radius 2 is 2.19 bits per heavy atom. The molecule has 1 saturated heterocycles. The molecule has 0 saturated carbocycles. The molecule has 1 rings (SSSR count). The molecule has 2 atom stereocenters. The minimum absolute atomic E-state index is 0.0397. The van der Waals surface area contributed by atoms with Crippen molar-refractivity contribution in [1.82, 2.24) is 15.5 Å². The molecule has 1 amide bonds. The van der Waals surface area contributed by atoms with Crippen LogP contribution < -0.4 is 10.6 Å². The maximum Gasteiger partial charge on any atom is 0.227 e. The van der Waals surface area contributed by atoms with E-state index in [1.54, 1.807) is 0 Å². The van der Waals surface area contributed by atoms with Gasteiger partial charge >= 0.3 is 0 Å². The van der Waals surface area contributed by atoms with E-state index >= 15 is 0 Å². The Bertz CT molecular complexity index is 221. The number of amides is 1. The molecule has 0 aromatic rings. The van der Waals surface area contributed by atoms with Crippen LogP contribution in [-0.4, -0.2) is 63.8 Å². The topological polar surface area (TPSA) is 53.6 Å². The largest absolute Gasteiger partial charge is 0.379 e. The monoisotopic (exact) mass is 229 g/mol. The van der Waals surface area contributed by atoms with Crippen LogP contribution in [0.5, 0.6) is 0 Å².